The Morgan fingerprint density at radius 1 is 0.490 bits per heavy atom. The molecule has 0 spiro atoms. The maximum atomic E-state index is 12.4. The van der Waals surface area contributed by atoms with E-state index in [9.17, 15) is 20.1 Å². The Labute approximate surface area is 305 Å². The third kappa shape index (κ3) is 35.0. The van der Waals surface area contributed by atoms with E-state index in [0.717, 1.165) is 44.9 Å². The molecule has 5 heteroatoms. The summed E-state index contributed by atoms with van der Waals surface area (Å²) in [7, 11) is 0. The number of hydrogen-bond acceptors (Lipinski definition) is 4. The van der Waals surface area contributed by atoms with Crippen molar-refractivity contribution >= 4 is 5.91 Å². The van der Waals surface area contributed by atoms with Crippen molar-refractivity contribution in [3.05, 3.63) is 24.3 Å². The van der Waals surface area contributed by atoms with Gasteiger partial charge in [0.25, 0.3) is 0 Å². The molecule has 0 saturated heterocycles. The van der Waals surface area contributed by atoms with E-state index in [0.29, 0.717) is 12.8 Å². The van der Waals surface area contributed by atoms with E-state index in [4.69, 9.17) is 0 Å². The van der Waals surface area contributed by atoms with E-state index in [1.807, 2.05) is 0 Å². The van der Waals surface area contributed by atoms with Gasteiger partial charge < -0.3 is 20.6 Å². The van der Waals surface area contributed by atoms with E-state index in [1.54, 1.807) is 0 Å². The van der Waals surface area contributed by atoms with Crippen LogP contribution in [0.1, 0.15) is 226 Å². The average molecular weight is 692 g/mol. The zero-order chi connectivity index (χ0) is 35.9. The van der Waals surface area contributed by atoms with Gasteiger partial charge in [-0.1, -0.05) is 192 Å². The Kier molecular flexibility index (Phi) is 38.7. The van der Waals surface area contributed by atoms with Gasteiger partial charge in [-0.2, -0.15) is 0 Å². The second-order valence-electron chi connectivity index (χ2n) is 14.9. The zero-order valence-corrected chi connectivity index (χ0v) is 32.8. The van der Waals surface area contributed by atoms with Gasteiger partial charge in [0, 0.05) is 6.42 Å². The highest BCUT2D eigenvalue weighted by Crippen LogP contribution is 2.16. The summed E-state index contributed by atoms with van der Waals surface area (Å²) in [5, 5.41) is 33.4. The first kappa shape index (κ1) is 47.8. The van der Waals surface area contributed by atoms with E-state index in [1.165, 1.54) is 154 Å². The first-order valence-corrected chi connectivity index (χ1v) is 21.6. The highest BCUT2D eigenvalue weighted by Gasteiger charge is 2.26. The number of allylic oxidation sites excluding steroid dienone is 4. The molecule has 0 fully saturated rings. The monoisotopic (exact) mass is 692 g/mol. The van der Waals surface area contributed by atoms with Crippen LogP contribution in [0.3, 0.4) is 0 Å². The average Bonchev–Trinajstić information content (AvgIpc) is 3.10. The summed E-state index contributed by atoms with van der Waals surface area (Å²) in [6.45, 7) is 4.13. The lowest BCUT2D eigenvalue weighted by Crippen LogP contribution is -2.50. The van der Waals surface area contributed by atoms with Gasteiger partial charge in [-0.05, 0) is 51.4 Å². The van der Waals surface area contributed by atoms with Gasteiger partial charge in [-0.3, -0.25) is 4.79 Å². The second-order valence-corrected chi connectivity index (χ2v) is 14.9. The fourth-order valence-electron chi connectivity index (χ4n) is 6.65. The molecule has 0 aliphatic carbocycles. The van der Waals surface area contributed by atoms with Crippen molar-refractivity contribution in [1.82, 2.24) is 5.32 Å². The van der Waals surface area contributed by atoms with Gasteiger partial charge >= 0.3 is 0 Å². The summed E-state index contributed by atoms with van der Waals surface area (Å²) in [6, 6.07) is -0.827. The molecular formula is C44H85NO4. The van der Waals surface area contributed by atoms with Crippen molar-refractivity contribution in [2.45, 2.75) is 244 Å². The molecule has 0 aromatic rings. The lowest BCUT2D eigenvalue weighted by atomic mass is 10.0. The molecule has 1 amide bonds. The molecule has 49 heavy (non-hydrogen) atoms. The summed E-state index contributed by atoms with van der Waals surface area (Å²) >= 11 is 0. The molecule has 3 unspecified atom stereocenters. The number of carbonyl (C=O) groups is 1. The number of aliphatic hydroxyl groups excluding tert-OH is 3. The number of unbranched alkanes of at least 4 members (excludes halogenated alkanes) is 27. The standard InChI is InChI=1S/C44H85NO4/c1-3-5-7-9-11-13-15-17-18-19-20-21-22-23-24-25-26-27-29-31-33-35-37-39-43(48)45-41(40-46)44(49)42(47)38-36-34-32-30-28-16-14-12-10-8-6-4-2/h12,14,30,32,41-42,44,46-47,49H,3-11,13,15-29,31,33-40H2,1-2H3,(H,45,48)/b14-12+,32-30+. The van der Waals surface area contributed by atoms with E-state index < -0.39 is 18.2 Å². The topological polar surface area (TPSA) is 89.8 Å². The summed E-state index contributed by atoms with van der Waals surface area (Å²) in [4.78, 5) is 12.4. The minimum Gasteiger partial charge on any atom is -0.394 e. The quantitative estimate of drug-likeness (QED) is 0.0381. The molecule has 0 aromatic heterocycles. The van der Waals surface area contributed by atoms with Gasteiger partial charge in [-0.25, -0.2) is 0 Å². The van der Waals surface area contributed by atoms with Crippen LogP contribution in [0.15, 0.2) is 24.3 Å². The Morgan fingerprint density at radius 3 is 1.24 bits per heavy atom. The third-order valence-electron chi connectivity index (χ3n) is 10.0. The van der Waals surface area contributed by atoms with Crippen LogP contribution >= 0.6 is 0 Å². The zero-order valence-electron chi connectivity index (χ0n) is 32.8. The Hall–Kier alpha value is -1.17. The van der Waals surface area contributed by atoms with Crippen LogP contribution in [0.4, 0.5) is 0 Å². The predicted molar refractivity (Wildman–Crippen MR) is 213 cm³/mol. The fourth-order valence-corrected chi connectivity index (χ4v) is 6.65. The first-order chi connectivity index (χ1) is 24.1. The normalized spacial score (nSPS) is 13.8. The van der Waals surface area contributed by atoms with Crippen LogP contribution in [0.5, 0.6) is 0 Å². The second kappa shape index (κ2) is 39.6. The van der Waals surface area contributed by atoms with E-state index in [-0.39, 0.29) is 12.5 Å². The molecule has 0 heterocycles. The van der Waals surface area contributed by atoms with Crippen LogP contribution in [-0.2, 0) is 4.79 Å². The molecular weight excluding hydrogens is 606 g/mol. The Balaban J connectivity index is 3.59. The highest BCUT2D eigenvalue weighted by molar-refractivity contribution is 5.76. The Bertz CT molecular complexity index is 724. The molecule has 0 bridgehead atoms. The molecule has 3 atom stereocenters. The summed E-state index contributed by atoms with van der Waals surface area (Å²) in [5.74, 6) is -0.156. The summed E-state index contributed by atoms with van der Waals surface area (Å²) in [6.07, 6.45) is 47.2. The van der Waals surface area contributed by atoms with Crippen molar-refractivity contribution in [2.24, 2.45) is 0 Å². The van der Waals surface area contributed by atoms with Gasteiger partial charge in [0.05, 0.1) is 18.8 Å². The van der Waals surface area contributed by atoms with Crippen LogP contribution in [0.2, 0.25) is 0 Å². The van der Waals surface area contributed by atoms with Crippen molar-refractivity contribution in [3.8, 4) is 0 Å². The fraction of sp³-hybridized carbons (Fsp3) is 0.886. The molecule has 5 nitrogen and oxygen atoms in total. The van der Waals surface area contributed by atoms with Gasteiger partial charge in [0.2, 0.25) is 5.91 Å². The first-order valence-electron chi connectivity index (χ1n) is 21.6. The summed E-state index contributed by atoms with van der Waals surface area (Å²) < 4.78 is 0. The van der Waals surface area contributed by atoms with Crippen molar-refractivity contribution in [2.75, 3.05) is 6.61 Å². The maximum Gasteiger partial charge on any atom is 0.220 e. The minimum atomic E-state index is -1.16. The number of amides is 1. The van der Waals surface area contributed by atoms with Crippen LogP contribution in [0, 0.1) is 0 Å². The minimum absolute atomic E-state index is 0.156. The number of hydrogen-bond donors (Lipinski definition) is 4. The van der Waals surface area contributed by atoms with Gasteiger partial charge in [0.15, 0.2) is 0 Å². The van der Waals surface area contributed by atoms with Crippen molar-refractivity contribution < 1.29 is 20.1 Å². The SMILES string of the molecule is CCCCC/C=C/CC/C=C/CCCC(O)C(O)C(CO)NC(=O)CCCCCCCCCCCCCCCCCCCCCCCCC. The largest absolute Gasteiger partial charge is 0.394 e. The highest BCUT2D eigenvalue weighted by atomic mass is 16.3. The summed E-state index contributed by atoms with van der Waals surface area (Å²) in [5.41, 5.74) is 0. The number of rotatable bonds is 39. The molecule has 0 aliphatic heterocycles. The molecule has 0 radical (unpaired) electrons. The maximum absolute atomic E-state index is 12.4. The number of aliphatic hydroxyl groups is 3. The number of nitrogens with one attached hydrogen (secondary N) is 1. The van der Waals surface area contributed by atoms with Crippen LogP contribution < -0.4 is 5.32 Å². The molecule has 4 N–H and O–H groups in total. The molecule has 290 valence electrons. The molecule has 0 rings (SSSR count). The number of carbonyl (C=O) groups excluding carboxylic acids is 1. The van der Waals surface area contributed by atoms with Crippen molar-refractivity contribution in [1.29, 1.82) is 0 Å². The lowest BCUT2D eigenvalue weighted by Gasteiger charge is -2.26. The third-order valence-corrected chi connectivity index (χ3v) is 10.0. The Morgan fingerprint density at radius 2 is 0.837 bits per heavy atom. The van der Waals surface area contributed by atoms with Crippen LogP contribution in [-0.4, -0.2) is 46.1 Å². The van der Waals surface area contributed by atoms with Crippen molar-refractivity contribution in [3.63, 3.8) is 0 Å². The predicted octanol–water partition coefficient (Wildman–Crippen LogP) is 12.2. The molecule has 0 saturated carbocycles. The van der Waals surface area contributed by atoms with Crippen LogP contribution in [0.25, 0.3) is 0 Å². The smallest absolute Gasteiger partial charge is 0.220 e. The lowest BCUT2D eigenvalue weighted by molar-refractivity contribution is -0.124. The van der Waals surface area contributed by atoms with E-state index in [2.05, 4.69) is 43.5 Å². The van der Waals surface area contributed by atoms with E-state index >= 15 is 0 Å². The molecule has 0 aromatic carbocycles. The van der Waals surface area contributed by atoms with Gasteiger partial charge in [0.1, 0.15) is 6.10 Å². The molecule has 0 aliphatic rings. The van der Waals surface area contributed by atoms with Gasteiger partial charge in [-0.15, -0.1) is 0 Å².